The van der Waals surface area contributed by atoms with Crippen molar-refractivity contribution < 1.29 is 0 Å². The molecule has 1 aromatic carbocycles. The highest BCUT2D eigenvalue weighted by molar-refractivity contribution is 5.14. The minimum absolute atomic E-state index is 0.657. The molecule has 20 heavy (non-hydrogen) atoms. The number of hydrogen-bond donors (Lipinski definition) is 1. The van der Waals surface area contributed by atoms with E-state index < -0.39 is 0 Å². The van der Waals surface area contributed by atoms with Gasteiger partial charge in [0, 0.05) is 32.2 Å². The monoisotopic (exact) mass is 273 g/mol. The van der Waals surface area contributed by atoms with Crippen LogP contribution in [0.4, 0.5) is 0 Å². The van der Waals surface area contributed by atoms with Crippen LogP contribution in [-0.2, 0) is 6.54 Å². The van der Waals surface area contributed by atoms with E-state index in [0.717, 1.165) is 24.9 Å². The summed E-state index contributed by atoms with van der Waals surface area (Å²) in [7, 11) is 2.25. The van der Waals surface area contributed by atoms with Gasteiger partial charge in [-0.1, -0.05) is 30.3 Å². The number of nitrogens with zero attached hydrogens (tertiary/aromatic N) is 2. The van der Waals surface area contributed by atoms with E-state index in [1.54, 1.807) is 0 Å². The second kappa shape index (κ2) is 6.25. The summed E-state index contributed by atoms with van der Waals surface area (Å²) >= 11 is 0. The first kappa shape index (κ1) is 14.1. The Morgan fingerprint density at radius 3 is 2.75 bits per heavy atom. The molecule has 4 atom stereocenters. The van der Waals surface area contributed by atoms with Crippen LogP contribution in [0.3, 0.4) is 0 Å². The van der Waals surface area contributed by atoms with Crippen molar-refractivity contribution in [3.8, 4) is 0 Å². The van der Waals surface area contributed by atoms with E-state index >= 15 is 0 Å². The molecule has 1 unspecified atom stereocenters. The Bertz CT molecular complexity index is 420. The standard InChI is InChI=1S/C17H27N3/c1-19(11-14-5-3-2-4-6-14)12-16-13-20-8-7-15(16)9-17(20)10-18/h2-6,15-17H,7-13,18H2,1H3/t15-,16-,17-/m0/s1. The van der Waals surface area contributed by atoms with Crippen LogP contribution in [0.5, 0.6) is 0 Å². The van der Waals surface area contributed by atoms with Crippen LogP contribution in [0.1, 0.15) is 18.4 Å². The normalized spacial score (nSPS) is 32.8. The third kappa shape index (κ3) is 3.05. The minimum Gasteiger partial charge on any atom is -0.329 e. The van der Waals surface area contributed by atoms with Gasteiger partial charge < -0.3 is 10.6 Å². The van der Waals surface area contributed by atoms with Gasteiger partial charge in [0.15, 0.2) is 0 Å². The maximum absolute atomic E-state index is 5.89. The lowest BCUT2D eigenvalue weighted by atomic mass is 9.75. The van der Waals surface area contributed by atoms with Gasteiger partial charge in [-0.2, -0.15) is 0 Å². The molecule has 1 aromatic rings. The fourth-order valence-electron chi connectivity index (χ4n) is 4.06. The van der Waals surface area contributed by atoms with Crippen LogP contribution >= 0.6 is 0 Å². The molecule has 110 valence electrons. The van der Waals surface area contributed by atoms with Crippen molar-refractivity contribution in [3.05, 3.63) is 35.9 Å². The molecule has 0 aliphatic carbocycles. The van der Waals surface area contributed by atoms with Crippen molar-refractivity contribution in [3.63, 3.8) is 0 Å². The predicted molar refractivity (Wildman–Crippen MR) is 83.4 cm³/mol. The van der Waals surface area contributed by atoms with E-state index in [9.17, 15) is 0 Å². The molecular formula is C17H27N3. The molecule has 3 nitrogen and oxygen atoms in total. The third-order valence-electron chi connectivity index (χ3n) is 5.13. The van der Waals surface area contributed by atoms with Crippen molar-refractivity contribution in [2.45, 2.75) is 25.4 Å². The zero-order chi connectivity index (χ0) is 13.9. The number of rotatable bonds is 5. The molecule has 0 amide bonds. The molecule has 2 N–H and O–H groups in total. The van der Waals surface area contributed by atoms with E-state index in [0.29, 0.717) is 6.04 Å². The second-order valence-electron chi connectivity index (χ2n) is 6.61. The molecular weight excluding hydrogens is 246 g/mol. The van der Waals surface area contributed by atoms with E-state index in [1.165, 1.54) is 38.0 Å². The first-order chi connectivity index (χ1) is 9.76. The second-order valence-corrected chi connectivity index (χ2v) is 6.61. The van der Waals surface area contributed by atoms with Gasteiger partial charge in [-0.05, 0) is 43.8 Å². The summed E-state index contributed by atoms with van der Waals surface area (Å²) in [6, 6.07) is 11.4. The summed E-state index contributed by atoms with van der Waals surface area (Å²) < 4.78 is 0. The third-order valence-corrected chi connectivity index (χ3v) is 5.13. The van der Waals surface area contributed by atoms with Crippen molar-refractivity contribution in [1.29, 1.82) is 0 Å². The van der Waals surface area contributed by atoms with Gasteiger partial charge in [0.2, 0.25) is 0 Å². The van der Waals surface area contributed by atoms with E-state index in [-0.39, 0.29) is 0 Å². The lowest BCUT2D eigenvalue weighted by Crippen LogP contribution is -2.57. The highest BCUT2D eigenvalue weighted by atomic mass is 15.2. The molecule has 0 aromatic heterocycles. The predicted octanol–water partition coefficient (Wildman–Crippen LogP) is 1.79. The minimum atomic E-state index is 0.657. The molecule has 3 fully saturated rings. The van der Waals surface area contributed by atoms with Crippen molar-refractivity contribution in [1.82, 2.24) is 9.80 Å². The van der Waals surface area contributed by atoms with Crippen LogP contribution in [0.15, 0.2) is 30.3 Å². The molecule has 3 heteroatoms. The van der Waals surface area contributed by atoms with Gasteiger partial charge in [0.05, 0.1) is 0 Å². The maximum Gasteiger partial charge on any atom is 0.0230 e. The van der Waals surface area contributed by atoms with Crippen LogP contribution in [-0.4, -0.2) is 49.1 Å². The summed E-state index contributed by atoms with van der Waals surface area (Å²) in [5, 5.41) is 0. The Morgan fingerprint density at radius 1 is 1.30 bits per heavy atom. The van der Waals surface area contributed by atoms with Gasteiger partial charge in [0.25, 0.3) is 0 Å². The molecule has 4 rings (SSSR count). The fourth-order valence-corrected chi connectivity index (χ4v) is 4.06. The van der Waals surface area contributed by atoms with Gasteiger partial charge in [-0.3, -0.25) is 4.90 Å². The molecule has 2 bridgehead atoms. The number of piperidine rings is 3. The number of benzene rings is 1. The van der Waals surface area contributed by atoms with Crippen LogP contribution < -0.4 is 5.73 Å². The Kier molecular flexibility index (Phi) is 4.39. The summed E-state index contributed by atoms with van der Waals surface area (Å²) in [5.74, 6) is 1.73. The summed E-state index contributed by atoms with van der Waals surface area (Å²) in [6.45, 7) is 5.64. The van der Waals surface area contributed by atoms with E-state index in [1.807, 2.05) is 0 Å². The molecule has 0 saturated carbocycles. The molecule has 3 saturated heterocycles. The van der Waals surface area contributed by atoms with Crippen molar-refractivity contribution in [2.75, 3.05) is 33.2 Å². The molecule has 3 aliphatic rings. The number of hydrogen-bond acceptors (Lipinski definition) is 3. The van der Waals surface area contributed by atoms with E-state index in [2.05, 4.69) is 47.2 Å². The Hall–Kier alpha value is -0.900. The first-order valence-corrected chi connectivity index (χ1v) is 7.93. The molecule has 0 radical (unpaired) electrons. The van der Waals surface area contributed by atoms with Crippen LogP contribution in [0, 0.1) is 11.8 Å². The largest absolute Gasteiger partial charge is 0.329 e. The molecule has 3 aliphatic heterocycles. The van der Waals surface area contributed by atoms with E-state index in [4.69, 9.17) is 5.73 Å². The lowest BCUT2D eigenvalue weighted by molar-refractivity contribution is -0.00703. The highest BCUT2D eigenvalue weighted by Gasteiger charge is 2.39. The lowest BCUT2D eigenvalue weighted by Gasteiger charge is -2.50. The zero-order valence-electron chi connectivity index (χ0n) is 12.5. The van der Waals surface area contributed by atoms with Gasteiger partial charge in [0.1, 0.15) is 0 Å². The fraction of sp³-hybridized carbons (Fsp3) is 0.647. The molecule has 3 heterocycles. The summed E-state index contributed by atoms with van der Waals surface area (Å²) in [6.07, 6.45) is 2.70. The summed E-state index contributed by atoms with van der Waals surface area (Å²) in [4.78, 5) is 5.11. The topological polar surface area (TPSA) is 32.5 Å². The number of nitrogens with two attached hydrogens (primary N) is 1. The Morgan fingerprint density at radius 2 is 2.10 bits per heavy atom. The van der Waals surface area contributed by atoms with Gasteiger partial charge in [-0.15, -0.1) is 0 Å². The van der Waals surface area contributed by atoms with Crippen LogP contribution in [0.2, 0.25) is 0 Å². The maximum atomic E-state index is 5.89. The zero-order valence-corrected chi connectivity index (χ0v) is 12.5. The van der Waals surface area contributed by atoms with Crippen molar-refractivity contribution >= 4 is 0 Å². The Balaban J connectivity index is 1.54. The van der Waals surface area contributed by atoms with Crippen molar-refractivity contribution in [2.24, 2.45) is 17.6 Å². The smallest absolute Gasteiger partial charge is 0.0230 e. The average molecular weight is 273 g/mol. The summed E-state index contributed by atoms with van der Waals surface area (Å²) in [5.41, 5.74) is 7.30. The first-order valence-electron chi connectivity index (χ1n) is 7.93. The van der Waals surface area contributed by atoms with Crippen LogP contribution in [0.25, 0.3) is 0 Å². The highest BCUT2D eigenvalue weighted by Crippen LogP contribution is 2.36. The van der Waals surface area contributed by atoms with Gasteiger partial charge >= 0.3 is 0 Å². The number of fused-ring (bicyclic) bond motifs is 3. The SMILES string of the molecule is CN(Cc1ccccc1)C[C@H]1CN2CC[C@H]1C[C@H]2CN. The Labute approximate surface area is 122 Å². The van der Waals surface area contributed by atoms with Gasteiger partial charge in [-0.25, -0.2) is 0 Å². The average Bonchev–Trinajstić information content (AvgIpc) is 2.48. The quantitative estimate of drug-likeness (QED) is 0.888. The molecule has 0 spiro atoms.